The molecule has 18 heteroatoms. The maximum atomic E-state index is 14.7. The van der Waals surface area contributed by atoms with E-state index in [4.69, 9.17) is 9.84 Å². The first kappa shape index (κ1) is 39.5. The van der Waals surface area contributed by atoms with Gasteiger partial charge in [-0.2, -0.15) is 0 Å². The second-order valence-corrected chi connectivity index (χ2v) is 12.0. The fraction of sp³-hybridized carbons (Fsp3) is 0.265. The zero-order valence-electron chi connectivity index (χ0n) is 28.3. The number of aromatic nitrogens is 3. The summed E-state index contributed by atoms with van der Waals surface area (Å²) in [6, 6.07) is 5.72. The first-order valence-electron chi connectivity index (χ1n) is 15.4. The normalized spacial score (nSPS) is 12.4. The second kappa shape index (κ2) is 17.3. The third-order valence-electron chi connectivity index (χ3n) is 7.82. The Kier molecular flexibility index (Phi) is 13.1. The molecule has 1 aliphatic rings. The van der Waals surface area contributed by atoms with Crippen LogP contribution in [0.5, 0.6) is 0 Å². The topological polar surface area (TPSA) is 186 Å². The lowest BCUT2D eigenvalue weighted by atomic mass is 10.1. The minimum atomic E-state index is -1.08. The van der Waals surface area contributed by atoms with Crippen LogP contribution >= 0.6 is 15.9 Å². The van der Waals surface area contributed by atoms with E-state index in [2.05, 4.69) is 56.5 Å². The highest BCUT2D eigenvalue weighted by Crippen LogP contribution is 2.36. The third kappa shape index (κ3) is 9.12. The summed E-state index contributed by atoms with van der Waals surface area (Å²) in [4.78, 5) is 36.9. The summed E-state index contributed by atoms with van der Waals surface area (Å²) in [5.74, 6) is -3.90. The average molecular weight is 792 g/mol. The highest BCUT2D eigenvalue weighted by atomic mass is 79.9. The van der Waals surface area contributed by atoms with E-state index in [0.717, 1.165) is 43.0 Å². The Bertz CT molecular complexity index is 2120. The summed E-state index contributed by atoms with van der Waals surface area (Å²) >= 11 is 3.27. The van der Waals surface area contributed by atoms with Crippen molar-refractivity contribution in [2.45, 2.75) is 13.8 Å². The van der Waals surface area contributed by atoms with Gasteiger partial charge in [0.2, 0.25) is 0 Å². The van der Waals surface area contributed by atoms with Crippen LogP contribution < -0.4 is 27.0 Å². The largest absolute Gasteiger partial charge is 0.480 e. The predicted octanol–water partition coefficient (Wildman–Crippen LogP) is 6.62. The van der Waals surface area contributed by atoms with Crippen molar-refractivity contribution < 1.29 is 41.7 Å². The minimum absolute atomic E-state index is 0. The number of carbonyl (C=O) groups excluding carboxylic acids is 1. The quantitative estimate of drug-likeness (QED) is 0.0793. The Balaban J connectivity index is 0.000000250. The molecule has 0 spiro atoms. The van der Waals surface area contributed by atoms with E-state index in [-0.39, 0.29) is 46.9 Å². The number of benzene rings is 2. The van der Waals surface area contributed by atoms with Crippen LogP contribution in [-0.2, 0) is 19.1 Å². The maximum Gasteiger partial charge on any atom is 0.325 e. The molecule has 13 nitrogen and oxygen atoms in total. The number of rotatable bonds is 9. The fourth-order valence-corrected chi connectivity index (χ4v) is 5.87. The van der Waals surface area contributed by atoms with Crippen LogP contribution in [0.1, 0.15) is 11.1 Å². The van der Waals surface area contributed by atoms with E-state index >= 15 is 0 Å². The van der Waals surface area contributed by atoms with Crippen LogP contribution in [0.3, 0.4) is 0 Å². The van der Waals surface area contributed by atoms with Gasteiger partial charge in [-0.25, -0.2) is 27.5 Å². The molecule has 5 aromatic rings. The highest BCUT2D eigenvalue weighted by Gasteiger charge is 2.19. The molecule has 4 heterocycles. The van der Waals surface area contributed by atoms with Gasteiger partial charge < -0.3 is 41.6 Å². The number of halogens is 5. The van der Waals surface area contributed by atoms with Crippen molar-refractivity contribution in [2.75, 3.05) is 67.4 Å². The molecule has 0 unspecified atom stereocenters. The van der Waals surface area contributed by atoms with Gasteiger partial charge in [0.15, 0.2) is 0 Å². The molecule has 7 N–H and O–H groups in total. The van der Waals surface area contributed by atoms with Gasteiger partial charge in [0, 0.05) is 53.0 Å². The average Bonchev–Trinajstić information content (AvgIpc) is 3.09. The molecule has 2 aromatic carbocycles. The number of carboxylic acids is 1. The van der Waals surface area contributed by atoms with E-state index in [0.29, 0.717) is 46.0 Å². The molecule has 1 saturated heterocycles. The van der Waals surface area contributed by atoms with Crippen LogP contribution in [0.25, 0.3) is 21.8 Å². The molecule has 1 aliphatic heterocycles. The Morgan fingerprint density at radius 1 is 0.885 bits per heavy atom. The summed E-state index contributed by atoms with van der Waals surface area (Å²) in [5.41, 5.74) is 3.19. The lowest BCUT2D eigenvalue weighted by Gasteiger charge is -2.28. The van der Waals surface area contributed by atoms with E-state index in [9.17, 15) is 27.2 Å². The Morgan fingerprint density at radius 3 is 2.08 bits per heavy atom. The number of pyridine rings is 3. The van der Waals surface area contributed by atoms with Crippen molar-refractivity contribution in [3.05, 3.63) is 81.6 Å². The van der Waals surface area contributed by atoms with E-state index in [1.165, 1.54) is 7.11 Å². The molecule has 0 aliphatic carbocycles. The number of methoxy groups -OCH3 is 1. The lowest BCUT2D eigenvalue weighted by Crippen LogP contribution is -2.36. The van der Waals surface area contributed by atoms with Crippen LogP contribution in [0.15, 0.2) is 47.2 Å². The van der Waals surface area contributed by atoms with Gasteiger partial charge in [-0.1, -0.05) is 0 Å². The molecular weight excluding hydrogens is 756 g/mol. The molecule has 0 saturated carbocycles. The Labute approximate surface area is 303 Å². The molecule has 0 amide bonds. The van der Waals surface area contributed by atoms with Crippen molar-refractivity contribution >= 4 is 78.4 Å². The predicted molar refractivity (Wildman–Crippen MR) is 193 cm³/mol. The van der Waals surface area contributed by atoms with Gasteiger partial charge in [0.05, 0.1) is 71.6 Å². The summed E-state index contributed by atoms with van der Waals surface area (Å²) in [6.07, 6.45) is 3.34. The van der Waals surface area contributed by atoms with Gasteiger partial charge in [-0.05, 0) is 35.8 Å². The Morgan fingerprint density at radius 2 is 1.46 bits per heavy atom. The molecule has 0 bridgehead atoms. The van der Waals surface area contributed by atoms with Crippen molar-refractivity contribution in [1.29, 1.82) is 0 Å². The molecule has 276 valence electrons. The van der Waals surface area contributed by atoms with Crippen LogP contribution in [0, 0.1) is 37.1 Å². The number of anilines is 5. The third-order valence-corrected chi connectivity index (χ3v) is 8.81. The second-order valence-electron chi connectivity index (χ2n) is 11.3. The Hall–Kier alpha value is -5.33. The number of fused-ring (bicyclic) bond motifs is 2. The standard InChI is InChI=1S/C21H21F2N5O3.C13H11BrF2N2O2.H3N/c1-12-20(26-14-8-15(10-24-9-14)28-2-4-31-5-3-28)19-16(23)6-13(22)7-17(19)27-21(12)25-11-18(29)30;1-6-12(14)11-8(16)3-7(15)4-9(11)18-13(6)17-5-10(19)20-2;/h6-10H,2-5,11H2,1H3,(H,29,30)(H2,25,26,27);3-4H,5H2,1-2H3,(H,17,18);1H3. The molecule has 52 heavy (non-hydrogen) atoms. The van der Waals surface area contributed by atoms with Gasteiger partial charge in [-0.15, -0.1) is 0 Å². The molecule has 6 rings (SSSR count). The minimum Gasteiger partial charge on any atom is -0.480 e. The number of hydrogen-bond donors (Lipinski definition) is 5. The number of esters is 1. The highest BCUT2D eigenvalue weighted by molar-refractivity contribution is 9.10. The SMILES string of the molecule is COC(=O)CNc1nc2cc(F)cc(F)c2c(Br)c1C.Cc1c(NCC(=O)O)nc2cc(F)cc(F)c2c1Nc1cncc(N2CCOCC2)c1.N. The number of nitrogens with one attached hydrogen (secondary N) is 3. The summed E-state index contributed by atoms with van der Waals surface area (Å²) in [7, 11) is 1.27. The fourth-order valence-electron chi connectivity index (χ4n) is 5.29. The zero-order chi connectivity index (χ0) is 36.8. The molecule has 0 radical (unpaired) electrons. The van der Waals surface area contributed by atoms with E-state index in [1.54, 1.807) is 26.2 Å². The molecular formula is C34H35BrF4N8O5. The molecule has 0 atom stereocenters. The van der Waals surface area contributed by atoms with Crippen molar-refractivity contribution in [3.63, 3.8) is 0 Å². The molecule has 1 fully saturated rings. The van der Waals surface area contributed by atoms with Gasteiger partial charge >= 0.3 is 11.9 Å². The van der Waals surface area contributed by atoms with Gasteiger partial charge in [0.1, 0.15) is 48.0 Å². The number of hydrogen-bond acceptors (Lipinski definition) is 12. The summed E-state index contributed by atoms with van der Waals surface area (Å²) < 4.78 is 65.9. The summed E-state index contributed by atoms with van der Waals surface area (Å²) in [6.45, 7) is 5.64. The number of morpholine rings is 1. The monoisotopic (exact) mass is 790 g/mol. The summed E-state index contributed by atoms with van der Waals surface area (Å²) in [5, 5.41) is 17.9. The van der Waals surface area contributed by atoms with Crippen molar-refractivity contribution in [1.82, 2.24) is 21.1 Å². The maximum absolute atomic E-state index is 14.7. The number of nitrogens with zero attached hydrogens (tertiary/aromatic N) is 4. The van der Waals surface area contributed by atoms with Gasteiger partial charge in [0.25, 0.3) is 0 Å². The number of carbonyl (C=O) groups is 2. The van der Waals surface area contributed by atoms with Crippen LogP contribution in [0.4, 0.5) is 46.3 Å². The van der Waals surface area contributed by atoms with E-state index in [1.807, 2.05) is 6.07 Å². The first-order valence-corrected chi connectivity index (χ1v) is 16.2. The lowest BCUT2D eigenvalue weighted by molar-refractivity contribution is -0.138. The molecule has 3 aromatic heterocycles. The first-order chi connectivity index (χ1) is 24.4. The number of ether oxygens (including phenoxy) is 2. The van der Waals surface area contributed by atoms with Crippen molar-refractivity contribution in [3.8, 4) is 0 Å². The number of aliphatic carboxylic acids is 1. The van der Waals surface area contributed by atoms with Crippen molar-refractivity contribution in [2.24, 2.45) is 0 Å². The van der Waals surface area contributed by atoms with E-state index < -0.39 is 35.2 Å². The zero-order valence-corrected chi connectivity index (χ0v) is 29.8. The van der Waals surface area contributed by atoms with Crippen LogP contribution in [-0.4, -0.2) is 78.5 Å². The van der Waals surface area contributed by atoms with Gasteiger partial charge in [-0.3, -0.25) is 14.6 Å². The number of carboxylic acid groups (broad SMARTS) is 1. The van der Waals surface area contributed by atoms with Crippen LogP contribution in [0.2, 0.25) is 0 Å². The smallest absolute Gasteiger partial charge is 0.325 e.